The molecule has 0 saturated carbocycles. The Morgan fingerprint density at radius 2 is 1.82 bits per heavy atom. The minimum atomic E-state index is -4.38. The Hall–Kier alpha value is -1.81. The molecule has 0 aliphatic rings. The van der Waals surface area contributed by atoms with Crippen LogP contribution >= 0.6 is 23.5 Å². The third-order valence-electron chi connectivity index (χ3n) is 3.94. The van der Waals surface area contributed by atoms with Gasteiger partial charge >= 0.3 is 5.51 Å². The summed E-state index contributed by atoms with van der Waals surface area (Å²) in [7, 11) is 1.69. The van der Waals surface area contributed by atoms with E-state index in [-0.39, 0.29) is 22.2 Å². The Bertz CT molecular complexity index is 1010. The first-order valence-corrected chi connectivity index (χ1v) is 10.0. The molecule has 0 spiro atoms. The smallest absolute Gasteiger partial charge is 0.312 e. The zero-order chi connectivity index (χ0) is 20.7. The van der Waals surface area contributed by atoms with Crippen LogP contribution in [0.1, 0.15) is 19.4 Å². The molecular weight excluding hydrogens is 417 g/mol. The molecule has 3 aromatic rings. The highest BCUT2D eigenvalue weighted by molar-refractivity contribution is 8.00. The van der Waals surface area contributed by atoms with Crippen LogP contribution in [0.3, 0.4) is 0 Å². The van der Waals surface area contributed by atoms with Crippen molar-refractivity contribution in [1.29, 1.82) is 0 Å². The zero-order valence-electron chi connectivity index (χ0n) is 15.1. The standard InChI is InChI=1S/C18H16F5N3S2/c1-4-27-14-8-11(28-18(21,22)23)5-6-12(14)15-25-13-7-10(17(2,19)20)9-24-16(13)26(15)3/h5-9H,4H2,1-3H3. The number of aryl methyl sites for hydroxylation is 1. The first-order valence-electron chi connectivity index (χ1n) is 8.23. The van der Waals surface area contributed by atoms with Gasteiger partial charge in [0.15, 0.2) is 5.65 Å². The number of thioether (sulfide) groups is 2. The molecule has 0 saturated heterocycles. The first-order chi connectivity index (χ1) is 13.0. The summed E-state index contributed by atoms with van der Waals surface area (Å²) in [5, 5.41) is 0. The lowest BCUT2D eigenvalue weighted by molar-refractivity contribution is -0.0328. The second kappa shape index (κ2) is 7.55. The van der Waals surface area contributed by atoms with E-state index in [4.69, 9.17) is 0 Å². The van der Waals surface area contributed by atoms with E-state index in [9.17, 15) is 22.0 Å². The Balaban J connectivity index is 2.11. The number of nitrogens with zero attached hydrogens (tertiary/aromatic N) is 3. The summed E-state index contributed by atoms with van der Waals surface area (Å²) in [6, 6.07) is 5.71. The lowest BCUT2D eigenvalue weighted by Crippen LogP contribution is -2.07. The molecule has 28 heavy (non-hydrogen) atoms. The summed E-state index contributed by atoms with van der Waals surface area (Å²) in [4.78, 5) is 9.24. The molecule has 0 unspecified atom stereocenters. The molecule has 2 aromatic heterocycles. The van der Waals surface area contributed by atoms with Gasteiger partial charge in [0.25, 0.3) is 5.92 Å². The van der Waals surface area contributed by atoms with Gasteiger partial charge in [-0.1, -0.05) is 6.92 Å². The van der Waals surface area contributed by atoms with E-state index in [0.717, 1.165) is 13.1 Å². The van der Waals surface area contributed by atoms with Gasteiger partial charge in [-0.2, -0.15) is 13.2 Å². The molecule has 0 fully saturated rings. The number of pyridine rings is 1. The number of imidazole rings is 1. The number of benzene rings is 1. The SMILES string of the molecule is CCSc1cc(SC(F)(F)F)ccc1-c1nc2cc(C(C)(F)F)cnc2n1C. The summed E-state index contributed by atoms with van der Waals surface area (Å²) in [5.41, 5.74) is -3.27. The molecule has 0 amide bonds. The molecule has 3 nitrogen and oxygen atoms in total. The van der Waals surface area contributed by atoms with Gasteiger partial charge in [0.1, 0.15) is 11.3 Å². The van der Waals surface area contributed by atoms with Gasteiger partial charge in [0.05, 0.1) is 0 Å². The Labute approximate surface area is 166 Å². The van der Waals surface area contributed by atoms with Crippen molar-refractivity contribution in [2.75, 3.05) is 5.75 Å². The van der Waals surface area contributed by atoms with E-state index in [2.05, 4.69) is 9.97 Å². The highest BCUT2D eigenvalue weighted by Gasteiger charge is 2.30. The maximum Gasteiger partial charge on any atom is 0.446 e. The van der Waals surface area contributed by atoms with Crippen molar-refractivity contribution in [3.05, 3.63) is 36.0 Å². The summed E-state index contributed by atoms with van der Waals surface area (Å²) >= 11 is 1.21. The van der Waals surface area contributed by atoms with Crippen molar-refractivity contribution in [1.82, 2.24) is 14.5 Å². The fourth-order valence-electron chi connectivity index (χ4n) is 2.72. The maximum atomic E-state index is 13.6. The number of hydrogen-bond acceptors (Lipinski definition) is 4. The van der Waals surface area contributed by atoms with E-state index < -0.39 is 11.4 Å². The van der Waals surface area contributed by atoms with E-state index in [1.807, 2.05) is 6.92 Å². The molecular formula is C18H16F5N3S2. The normalized spacial score (nSPS) is 12.7. The van der Waals surface area contributed by atoms with Crippen molar-refractivity contribution < 1.29 is 22.0 Å². The summed E-state index contributed by atoms with van der Waals surface area (Å²) in [6.07, 6.45) is 1.11. The first kappa shape index (κ1) is 20.9. The topological polar surface area (TPSA) is 30.7 Å². The number of aromatic nitrogens is 3. The van der Waals surface area contributed by atoms with Crippen LogP contribution in [0.15, 0.2) is 40.3 Å². The number of rotatable bonds is 5. The minimum Gasteiger partial charge on any atom is -0.312 e. The average molecular weight is 433 g/mol. The van der Waals surface area contributed by atoms with Gasteiger partial charge < -0.3 is 4.57 Å². The predicted molar refractivity (Wildman–Crippen MR) is 102 cm³/mol. The molecule has 0 aliphatic carbocycles. The van der Waals surface area contributed by atoms with Crippen LogP contribution in [0.4, 0.5) is 22.0 Å². The third kappa shape index (κ3) is 4.43. The maximum absolute atomic E-state index is 13.6. The lowest BCUT2D eigenvalue weighted by atomic mass is 10.2. The van der Waals surface area contributed by atoms with Gasteiger partial charge in [0, 0.05) is 41.1 Å². The predicted octanol–water partition coefficient (Wildman–Crippen LogP) is 6.47. The third-order valence-corrected chi connectivity index (χ3v) is 5.60. The van der Waals surface area contributed by atoms with Gasteiger partial charge in [-0.25, -0.2) is 18.7 Å². The van der Waals surface area contributed by atoms with Gasteiger partial charge in [-0.3, -0.25) is 0 Å². The number of fused-ring (bicyclic) bond motifs is 1. The van der Waals surface area contributed by atoms with Crippen molar-refractivity contribution >= 4 is 34.7 Å². The van der Waals surface area contributed by atoms with Crippen molar-refractivity contribution in [2.24, 2.45) is 7.05 Å². The molecule has 1 aromatic carbocycles. The summed E-state index contributed by atoms with van der Waals surface area (Å²) in [5.74, 6) is -1.93. The molecule has 0 bridgehead atoms. The monoisotopic (exact) mass is 433 g/mol. The average Bonchev–Trinajstić information content (AvgIpc) is 2.89. The van der Waals surface area contributed by atoms with E-state index in [1.165, 1.54) is 30.0 Å². The van der Waals surface area contributed by atoms with Crippen molar-refractivity contribution in [2.45, 2.75) is 35.1 Å². The Kier molecular flexibility index (Phi) is 5.64. The Morgan fingerprint density at radius 3 is 2.43 bits per heavy atom. The molecule has 150 valence electrons. The van der Waals surface area contributed by atoms with Crippen LogP contribution < -0.4 is 0 Å². The highest BCUT2D eigenvalue weighted by Crippen LogP contribution is 2.41. The van der Waals surface area contributed by atoms with Crippen LogP contribution in [0.5, 0.6) is 0 Å². The van der Waals surface area contributed by atoms with E-state index in [0.29, 0.717) is 33.2 Å². The highest BCUT2D eigenvalue weighted by atomic mass is 32.2. The molecule has 0 atom stereocenters. The second-order valence-electron chi connectivity index (χ2n) is 6.09. The molecule has 2 heterocycles. The van der Waals surface area contributed by atoms with Crippen LogP contribution in [0.2, 0.25) is 0 Å². The molecule has 0 radical (unpaired) electrons. The zero-order valence-corrected chi connectivity index (χ0v) is 16.8. The van der Waals surface area contributed by atoms with Crippen molar-refractivity contribution in [3.63, 3.8) is 0 Å². The quantitative estimate of drug-likeness (QED) is 0.341. The van der Waals surface area contributed by atoms with E-state index in [1.54, 1.807) is 17.7 Å². The number of alkyl halides is 5. The minimum absolute atomic E-state index is 0.0806. The van der Waals surface area contributed by atoms with Crippen LogP contribution in [0.25, 0.3) is 22.6 Å². The molecule has 10 heteroatoms. The van der Waals surface area contributed by atoms with Gasteiger partial charge in [0.2, 0.25) is 0 Å². The van der Waals surface area contributed by atoms with Crippen LogP contribution in [-0.2, 0) is 13.0 Å². The fraction of sp³-hybridized carbons (Fsp3) is 0.333. The molecule has 0 N–H and O–H groups in total. The van der Waals surface area contributed by atoms with Gasteiger partial charge in [-0.05, 0) is 41.8 Å². The van der Waals surface area contributed by atoms with Gasteiger partial charge in [-0.15, -0.1) is 11.8 Å². The summed E-state index contributed by atoms with van der Waals surface area (Å²) in [6.45, 7) is 2.68. The van der Waals surface area contributed by atoms with Crippen LogP contribution in [-0.4, -0.2) is 25.8 Å². The lowest BCUT2D eigenvalue weighted by Gasteiger charge is -2.12. The number of halogens is 5. The summed E-state index contributed by atoms with van der Waals surface area (Å²) < 4.78 is 66.9. The van der Waals surface area contributed by atoms with Crippen LogP contribution in [0, 0.1) is 0 Å². The Morgan fingerprint density at radius 1 is 1.11 bits per heavy atom. The molecule has 3 rings (SSSR count). The van der Waals surface area contributed by atoms with Crippen molar-refractivity contribution in [3.8, 4) is 11.4 Å². The second-order valence-corrected chi connectivity index (χ2v) is 8.53. The largest absolute Gasteiger partial charge is 0.446 e. The number of hydrogen-bond donors (Lipinski definition) is 0. The fourth-order valence-corrected chi connectivity index (χ4v) is 4.21. The molecule has 0 aliphatic heterocycles. The van der Waals surface area contributed by atoms with E-state index >= 15 is 0 Å².